The Hall–Kier alpha value is -1.29. The molecule has 1 unspecified atom stereocenters. The zero-order chi connectivity index (χ0) is 12.5. The van der Waals surface area contributed by atoms with Crippen LogP contribution in [0.25, 0.3) is 0 Å². The fourth-order valence-corrected chi connectivity index (χ4v) is 2.64. The maximum atomic E-state index is 12.2. The first-order valence-electron chi connectivity index (χ1n) is 6.17. The van der Waals surface area contributed by atoms with E-state index in [0.717, 1.165) is 12.8 Å². The van der Waals surface area contributed by atoms with Gasteiger partial charge >= 0.3 is 0 Å². The summed E-state index contributed by atoms with van der Waals surface area (Å²) in [6, 6.07) is 2.13. The molecule has 0 saturated carbocycles. The highest BCUT2D eigenvalue weighted by atomic mass is 16.2. The summed E-state index contributed by atoms with van der Waals surface area (Å²) in [4.78, 5) is 17.1. The van der Waals surface area contributed by atoms with Crippen LogP contribution in [0.2, 0.25) is 0 Å². The van der Waals surface area contributed by atoms with Crippen LogP contribution in [-0.4, -0.2) is 33.9 Å². The van der Waals surface area contributed by atoms with Gasteiger partial charge in [0.05, 0.1) is 0 Å². The van der Waals surface area contributed by atoms with Gasteiger partial charge in [-0.1, -0.05) is 0 Å². The van der Waals surface area contributed by atoms with Gasteiger partial charge in [0.2, 0.25) is 5.91 Å². The van der Waals surface area contributed by atoms with E-state index in [2.05, 4.69) is 18.8 Å². The van der Waals surface area contributed by atoms with E-state index in [-0.39, 0.29) is 17.5 Å². The van der Waals surface area contributed by atoms with Gasteiger partial charge in [-0.3, -0.25) is 4.79 Å². The number of carbonyl (C=O) groups is 1. The molecular formula is C13H21N3O. The molecular weight excluding hydrogens is 214 g/mol. The lowest BCUT2D eigenvalue weighted by Crippen LogP contribution is -2.42. The maximum absolute atomic E-state index is 12.2. The number of likely N-dealkylation sites (tertiary alicyclic amines) is 1. The first kappa shape index (κ1) is 12.2. The first-order chi connectivity index (χ1) is 7.99. The van der Waals surface area contributed by atoms with Crippen molar-refractivity contribution >= 4 is 5.91 Å². The van der Waals surface area contributed by atoms with Crippen LogP contribution in [0.3, 0.4) is 0 Å². The molecule has 0 aliphatic carbocycles. The minimum Gasteiger partial charge on any atom is -0.367 e. The summed E-state index contributed by atoms with van der Waals surface area (Å²) in [5.41, 5.74) is 7.02. The van der Waals surface area contributed by atoms with Crippen molar-refractivity contribution in [2.45, 2.75) is 44.7 Å². The molecule has 0 spiro atoms. The van der Waals surface area contributed by atoms with Gasteiger partial charge in [0, 0.05) is 36.9 Å². The zero-order valence-electron chi connectivity index (χ0n) is 10.6. The molecule has 1 amide bonds. The largest absolute Gasteiger partial charge is 0.367 e. The monoisotopic (exact) mass is 235 g/mol. The second-order valence-corrected chi connectivity index (χ2v) is 5.50. The molecule has 4 heteroatoms. The van der Waals surface area contributed by atoms with Crippen molar-refractivity contribution in [3.8, 4) is 0 Å². The smallest absolute Gasteiger partial charge is 0.223 e. The summed E-state index contributed by atoms with van der Waals surface area (Å²) in [5, 5.41) is 0. The molecule has 1 aromatic rings. The van der Waals surface area contributed by atoms with Crippen molar-refractivity contribution in [1.82, 2.24) is 9.88 Å². The topological polar surface area (TPSA) is 62.1 Å². The number of aromatic amines is 1. The minimum absolute atomic E-state index is 0.0886. The van der Waals surface area contributed by atoms with Gasteiger partial charge < -0.3 is 15.6 Å². The Morgan fingerprint density at radius 2 is 2.41 bits per heavy atom. The third-order valence-electron chi connectivity index (χ3n) is 3.50. The van der Waals surface area contributed by atoms with Crippen LogP contribution < -0.4 is 5.73 Å². The second kappa shape index (κ2) is 4.53. The number of nitrogens with one attached hydrogen (secondary N) is 1. The van der Waals surface area contributed by atoms with E-state index in [1.165, 1.54) is 5.56 Å². The average molecular weight is 235 g/mol. The Morgan fingerprint density at radius 3 is 2.94 bits per heavy atom. The number of rotatable bonds is 3. The molecule has 17 heavy (non-hydrogen) atoms. The third-order valence-corrected chi connectivity index (χ3v) is 3.50. The van der Waals surface area contributed by atoms with Gasteiger partial charge in [-0.15, -0.1) is 0 Å². The van der Waals surface area contributed by atoms with E-state index in [1.54, 1.807) is 0 Å². The Balaban J connectivity index is 1.92. The van der Waals surface area contributed by atoms with Crippen molar-refractivity contribution < 1.29 is 4.79 Å². The molecule has 0 radical (unpaired) electrons. The van der Waals surface area contributed by atoms with Crippen molar-refractivity contribution in [3.05, 3.63) is 24.0 Å². The lowest BCUT2D eigenvalue weighted by atomic mass is 10.00. The maximum Gasteiger partial charge on any atom is 0.223 e. The van der Waals surface area contributed by atoms with Crippen molar-refractivity contribution in [3.63, 3.8) is 0 Å². The van der Waals surface area contributed by atoms with E-state index in [1.807, 2.05) is 23.4 Å². The third kappa shape index (κ3) is 2.69. The summed E-state index contributed by atoms with van der Waals surface area (Å²) in [7, 11) is 0. The second-order valence-electron chi connectivity index (χ2n) is 5.50. The summed E-state index contributed by atoms with van der Waals surface area (Å²) in [6.07, 6.45) is 6.07. The van der Waals surface area contributed by atoms with Gasteiger partial charge in [-0.25, -0.2) is 0 Å². The first-order valence-corrected chi connectivity index (χ1v) is 6.17. The molecule has 1 aromatic heterocycles. The van der Waals surface area contributed by atoms with E-state index in [4.69, 9.17) is 5.73 Å². The molecule has 1 atom stereocenters. The zero-order valence-corrected chi connectivity index (χ0v) is 10.6. The van der Waals surface area contributed by atoms with Crippen molar-refractivity contribution in [1.29, 1.82) is 0 Å². The predicted octanol–water partition coefficient (Wildman–Crippen LogP) is 1.29. The number of aromatic nitrogens is 1. The Labute approximate surface area is 102 Å². The normalized spacial score (nSPS) is 23.0. The number of nitrogens with zero attached hydrogens (tertiary/aromatic N) is 1. The molecule has 1 aliphatic heterocycles. The molecule has 0 bridgehead atoms. The van der Waals surface area contributed by atoms with Crippen LogP contribution in [0.5, 0.6) is 0 Å². The minimum atomic E-state index is -0.0886. The lowest BCUT2D eigenvalue weighted by molar-refractivity contribution is -0.134. The number of aryl methyl sites for hydroxylation is 1. The van der Waals surface area contributed by atoms with Gasteiger partial charge in [0.15, 0.2) is 0 Å². The number of H-pyrrole nitrogens is 1. The Kier molecular flexibility index (Phi) is 3.24. The quantitative estimate of drug-likeness (QED) is 0.829. The summed E-state index contributed by atoms with van der Waals surface area (Å²) in [5.74, 6) is 0.212. The van der Waals surface area contributed by atoms with Crippen LogP contribution in [-0.2, 0) is 11.2 Å². The van der Waals surface area contributed by atoms with Crippen LogP contribution in [0.1, 0.15) is 32.3 Å². The van der Waals surface area contributed by atoms with Crippen LogP contribution in [0, 0.1) is 0 Å². The van der Waals surface area contributed by atoms with E-state index in [9.17, 15) is 4.79 Å². The number of hydrogen-bond acceptors (Lipinski definition) is 2. The number of carbonyl (C=O) groups excluding carboxylic acids is 1. The van der Waals surface area contributed by atoms with Gasteiger partial charge in [0.1, 0.15) is 0 Å². The molecule has 4 nitrogen and oxygen atoms in total. The predicted molar refractivity (Wildman–Crippen MR) is 67.5 cm³/mol. The van der Waals surface area contributed by atoms with Gasteiger partial charge in [-0.2, -0.15) is 0 Å². The highest BCUT2D eigenvalue weighted by molar-refractivity contribution is 5.77. The molecule has 94 valence electrons. The number of amides is 1. The van der Waals surface area contributed by atoms with Gasteiger partial charge in [-0.05, 0) is 38.3 Å². The van der Waals surface area contributed by atoms with Crippen molar-refractivity contribution in [2.75, 3.05) is 6.54 Å². The summed E-state index contributed by atoms with van der Waals surface area (Å²) >= 11 is 0. The number of nitrogens with two attached hydrogens (primary N) is 1. The Bertz CT molecular complexity index is 383. The molecule has 0 aromatic carbocycles. The fraction of sp³-hybridized carbons (Fsp3) is 0.615. The molecule has 2 heterocycles. The van der Waals surface area contributed by atoms with Crippen molar-refractivity contribution in [2.24, 2.45) is 5.73 Å². The highest BCUT2D eigenvalue weighted by Gasteiger charge is 2.39. The summed E-state index contributed by atoms with van der Waals surface area (Å²) in [6.45, 7) is 4.88. The van der Waals surface area contributed by atoms with Crippen LogP contribution >= 0.6 is 0 Å². The standard InChI is InChI=1S/C13H21N3O/c1-13(2)7-11(14)9-16(13)12(17)4-3-10-5-6-15-8-10/h5-6,8,11,15H,3-4,7,9,14H2,1-2H3. The molecule has 2 rings (SSSR count). The van der Waals surface area contributed by atoms with Crippen LogP contribution in [0.4, 0.5) is 0 Å². The lowest BCUT2D eigenvalue weighted by Gasteiger charge is -2.31. The average Bonchev–Trinajstić information content (AvgIpc) is 2.82. The van der Waals surface area contributed by atoms with Gasteiger partial charge in [0.25, 0.3) is 0 Å². The molecule has 1 saturated heterocycles. The number of hydrogen-bond donors (Lipinski definition) is 2. The SMILES string of the molecule is CC1(C)CC(N)CN1C(=O)CCc1cc[nH]c1. The summed E-state index contributed by atoms with van der Waals surface area (Å²) < 4.78 is 0. The van der Waals surface area contributed by atoms with E-state index in [0.29, 0.717) is 13.0 Å². The highest BCUT2D eigenvalue weighted by Crippen LogP contribution is 2.28. The van der Waals surface area contributed by atoms with E-state index < -0.39 is 0 Å². The molecule has 3 N–H and O–H groups in total. The molecule has 1 fully saturated rings. The molecule has 1 aliphatic rings. The Morgan fingerprint density at radius 1 is 1.65 bits per heavy atom. The fourth-order valence-electron chi connectivity index (χ4n) is 2.64. The van der Waals surface area contributed by atoms with E-state index >= 15 is 0 Å². The van der Waals surface area contributed by atoms with Crippen LogP contribution in [0.15, 0.2) is 18.5 Å².